The van der Waals surface area contributed by atoms with Gasteiger partial charge in [0.25, 0.3) is 12.3 Å². The molecule has 0 radical (unpaired) electrons. The summed E-state index contributed by atoms with van der Waals surface area (Å²) in [5, 5.41) is 2.99. The van der Waals surface area contributed by atoms with Crippen LogP contribution in [0.4, 0.5) is 20.3 Å². The van der Waals surface area contributed by atoms with E-state index in [1.165, 1.54) is 4.90 Å². The number of anilines is 2. The van der Waals surface area contributed by atoms with Crippen LogP contribution in [0.2, 0.25) is 0 Å². The molecule has 5 rings (SSSR count). The summed E-state index contributed by atoms with van der Waals surface area (Å²) in [6.45, 7) is 2.39. The van der Waals surface area contributed by atoms with Crippen LogP contribution in [0, 0.1) is 0 Å². The Morgan fingerprint density at radius 3 is 2.97 bits per heavy atom. The zero-order valence-electron chi connectivity index (χ0n) is 16.5. The Morgan fingerprint density at radius 1 is 1.45 bits per heavy atom. The quantitative estimate of drug-likeness (QED) is 0.691. The molecule has 0 spiro atoms. The van der Waals surface area contributed by atoms with Gasteiger partial charge in [0.05, 0.1) is 12.1 Å². The van der Waals surface area contributed by atoms with E-state index in [0.717, 1.165) is 0 Å². The zero-order valence-corrected chi connectivity index (χ0v) is 16.5. The Bertz CT molecular complexity index is 1130. The van der Waals surface area contributed by atoms with E-state index in [0.29, 0.717) is 36.0 Å². The molecule has 3 N–H and O–H groups in total. The van der Waals surface area contributed by atoms with Crippen LogP contribution in [0.25, 0.3) is 11.4 Å². The smallest absolute Gasteiger partial charge is 0.285 e. The molecule has 2 aromatic rings. The third-order valence-electron chi connectivity index (χ3n) is 5.86. The van der Waals surface area contributed by atoms with Crippen LogP contribution in [0.5, 0.6) is 5.75 Å². The maximum Gasteiger partial charge on any atom is 0.285 e. The average molecular weight is 431 g/mol. The molecule has 1 saturated carbocycles. The van der Waals surface area contributed by atoms with Crippen molar-refractivity contribution in [2.75, 3.05) is 16.8 Å². The van der Waals surface area contributed by atoms with E-state index in [1.54, 1.807) is 41.8 Å². The third kappa shape index (κ3) is 2.84. The average Bonchev–Trinajstić information content (AvgIpc) is 3.22. The number of nitrogens with zero attached hydrogens (tertiary/aromatic N) is 3. The minimum atomic E-state index is -2.71. The number of hydrogen-bond donors (Lipinski definition) is 2. The van der Waals surface area contributed by atoms with Gasteiger partial charge >= 0.3 is 0 Å². The van der Waals surface area contributed by atoms with Crippen molar-refractivity contribution >= 4 is 23.4 Å². The fourth-order valence-corrected chi connectivity index (χ4v) is 4.09. The number of aromatic nitrogens is 2. The summed E-state index contributed by atoms with van der Waals surface area (Å²) in [5.74, 6) is 2.08. The number of rotatable bonds is 5. The molecule has 3 aliphatic rings. The molecular formula is C20H19F2N5O4. The number of alkyl halides is 2. The minimum Gasteiger partial charge on any atom is -0.491 e. The van der Waals surface area contributed by atoms with Crippen molar-refractivity contribution < 1.29 is 27.8 Å². The Kier molecular flexibility index (Phi) is 4.19. The largest absolute Gasteiger partial charge is 0.491 e. The highest BCUT2D eigenvalue weighted by molar-refractivity contribution is 5.83. The Balaban J connectivity index is 1.53. The maximum atomic E-state index is 13.8. The van der Waals surface area contributed by atoms with Gasteiger partial charge in [0.2, 0.25) is 5.91 Å². The van der Waals surface area contributed by atoms with Crippen LogP contribution in [-0.4, -0.2) is 52.1 Å². The number of fused-ring (bicyclic) bond motifs is 4. The molecule has 162 valence electrons. The fraction of sp³-hybridized carbons (Fsp3) is 0.400. The van der Waals surface area contributed by atoms with Crippen molar-refractivity contribution in [1.82, 2.24) is 9.55 Å². The lowest BCUT2D eigenvalue weighted by atomic mass is 10.1. The molecule has 1 aromatic heterocycles. The SMILES string of the molecule is C[C@H](Nc1ccc2c(c1)OCCn1cc(N3C(=C=O)OC4C[C@@]43C(F)F)nc1-2)C(N)=O. The lowest BCUT2D eigenvalue weighted by Crippen LogP contribution is -2.40. The van der Waals surface area contributed by atoms with E-state index in [2.05, 4.69) is 10.3 Å². The highest BCUT2D eigenvalue weighted by Gasteiger charge is 2.73. The van der Waals surface area contributed by atoms with Gasteiger partial charge in [-0.1, -0.05) is 0 Å². The van der Waals surface area contributed by atoms with Gasteiger partial charge in [0, 0.05) is 24.4 Å². The van der Waals surface area contributed by atoms with E-state index in [4.69, 9.17) is 15.2 Å². The molecule has 11 heteroatoms. The first-order valence-corrected chi connectivity index (χ1v) is 9.75. The first-order chi connectivity index (χ1) is 14.8. The number of ether oxygens (including phenoxy) is 2. The number of nitrogens with one attached hydrogen (secondary N) is 1. The molecule has 2 aliphatic heterocycles. The predicted molar refractivity (Wildman–Crippen MR) is 105 cm³/mol. The van der Waals surface area contributed by atoms with Crippen molar-refractivity contribution in [3.8, 4) is 17.1 Å². The van der Waals surface area contributed by atoms with Crippen LogP contribution < -0.4 is 20.7 Å². The summed E-state index contributed by atoms with van der Waals surface area (Å²) in [6.07, 6.45) is -1.73. The molecule has 1 aromatic carbocycles. The lowest BCUT2D eigenvalue weighted by Gasteiger charge is -2.24. The molecule has 1 unspecified atom stereocenters. The number of carbonyl (C=O) groups is 1. The second-order valence-corrected chi connectivity index (χ2v) is 7.79. The molecule has 3 heterocycles. The van der Waals surface area contributed by atoms with Gasteiger partial charge in [0.1, 0.15) is 30.3 Å². The van der Waals surface area contributed by atoms with Gasteiger partial charge in [-0.15, -0.1) is 0 Å². The van der Waals surface area contributed by atoms with Crippen LogP contribution in [0.3, 0.4) is 0 Å². The number of nitrogens with two attached hydrogens (primary N) is 1. The summed E-state index contributed by atoms with van der Waals surface area (Å²) in [5.41, 5.74) is 5.01. The van der Waals surface area contributed by atoms with E-state index >= 15 is 0 Å². The Morgan fingerprint density at radius 2 is 2.26 bits per heavy atom. The summed E-state index contributed by atoms with van der Waals surface area (Å²) in [4.78, 5) is 28.4. The highest BCUT2D eigenvalue weighted by Crippen LogP contribution is 2.57. The van der Waals surface area contributed by atoms with Crippen LogP contribution in [0.15, 0.2) is 30.3 Å². The number of hydrogen-bond acceptors (Lipinski definition) is 7. The monoisotopic (exact) mass is 431 g/mol. The first-order valence-electron chi connectivity index (χ1n) is 9.75. The number of amides is 1. The number of benzene rings is 1. The van der Waals surface area contributed by atoms with E-state index in [-0.39, 0.29) is 18.1 Å². The second kappa shape index (κ2) is 6.71. The Hall–Kier alpha value is -3.59. The first kappa shape index (κ1) is 19.4. The normalized spacial score (nSPS) is 24.2. The van der Waals surface area contributed by atoms with Gasteiger partial charge in [0.15, 0.2) is 17.3 Å². The molecule has 2 fully saturated rings. The second-order valence-electron chi connectivity index (χ2n) is 7.79. The highest BCUT2D eigenvalue weighted by atomic mass is 19.3. The minimum absolute atomic E-state index is 0.116. The van der Waals surface area contributed by atoms with Crippen molar-refractivity contribution in [1.29, 1.82) is 0 Å². The van der Waals surface area contributed by atoms with E-state index in [1.807, 2.05) is 0 Å². The number of carbonyl (C=O) groups excluding carboxylic acids is 2. The summed E-state index contributed by atoms with van der Waals surface area (Å²) in [6, 6.07) is 4.67. The number of halogens is 2. The topological polar surface area (TPSA) is 112 Å². The molecule has 1 amide bonds. The lowest BCUT2D eigenvalue weighted by molar-refractivity contribution is -0.118. The number of primary amides is 1. The zero-order chi connectivity index (χ0) is 21.9. The standard InChI is InChI=1S/C20H19F2N5O4/c1-10(17(23)29)24-11-2-3-12-13(6-11)30-5-4-26-8-15(25-18(12)26)27-16(9-28)31-14-7-20(14,27)19(21)22/h2-3,6,8,10,14,19,24H,4-5,7H2,1H3,(H2,23,29)/t10-,14?,20-/m0/s1. The van der Waals surface area contributed by atoms with Gasteiger partial charge in [-0.2, -0.15) is 0 Å². The van der Waals surface area contributed by atoms with Crippen molar-refractivity contribution in [2.24, 2.45) is 5.73 Å². The Labute approximate surface area is 175 Å². The molecule has 3 atom stereocenters. The molecule has 1 saturated heterocycles. The van der Waals surface area contributed by atoms with Crippen LogP contribution >= 0.6 is 0 Å². The van der Waals surface area contributed by atoms with E-state index in [9.17, 15) is 18.4 Å². The van der Waals surface area contributed by atoms with E-state index < -0.39 is 30.0 Å². The van der Waals surface area contributed by atoms with Gasteiger partial charge in [-0.25, -0.2) is 18.6 Å². The molecular weight excluding hydrogens is 412 g/mol. The molecule has 0 bridgehead atoms. The third-order valence-corrected chi connectivity index (χ3v) is 5.86. The van der Waals surface area contributed by atoms with Crippen LogP contribution in [-0.2, 0) is 20.9 Å². The summed E-state index contributed by atoms with van der Waals surface area (Å²) < 4.78 is 40.6. The number of imidazole rings is 1. The summed E-state index contributed by atoms with van der Waals surface area (Å²) >= 11 is 0. The maximum absolute atomic E-state index is 13.8. The van der Waals surface area contributed by atoms with Gasteiger partial charge in [-0.05, 0) is 19.1 Å². The molecule has 31 heavy (non-hydrogen) atoms. The van der Waals surface area contributed by atoms with Crippen molar-refractivity contribution in [2.45, 2.75) is 44.0 Å². The predicted octanol–water partition coefficient (Wildman–Crippen LogP) is 1.51. The molecule has 1 aliphatic carbocycles. The van der Waals surface area contributed by atoms with Gasteiger partial charge < -0.3 is 25.1 Å². The molecule has 9 nitrogen and oxygen atoms in total. The fourth-order valence-electron chi connectivity index (χ4n) is 4.09. The van der Waals surface area contributed by atoms with Crippen molar-refractivity contribution in [3.63, 3.8) is 0 Å². The van der Waals surface area contributed by atoms with Crippen LogP contribution in [0.1, 0.15) is 13.3 Å². The summed E-state index contributed by atoms with van der Waals surface area (Å²) in [7, 11) is 0. The van der Waals surface area contributed by atoms with Crippen molar-refractivity contribution in [3.05, 3.63) is 30.3 Å². The van der Waals surface area contributed by atoms with Gasteiger partial charge in [-0.3, -0.25) is 9.69 Å².